The lowest BCUT2D eigenvalue weighted by Crippen LogP contribution is -2.39. The van der Waals surface area contributed by atoms with Gasteiger partial charge in [-0.05, 0) is 54.9 Å². The third kappa shape index (κ3) is 3.67. The SMILES string of the molecule is COC(=O)C1CC2CCc3cc(-c4ccccc4)c(=O)[nH]c3C2N1Cc1ccc(C)cc1. The second-order valence-corrected chi connectivity index (χ2v) is 8.99. The lowest BCUT2D eigenvalue weighted by molar-refractivity contribution is -0.146. The largest absolute Gasteiger partial charge is 0.468 e. The highest BCUT2D eigenvalue weighted by Crippen LogP contribution is 2.47. The second kappa shape index (κ2) is 8.40. The maximum Gasteiger partial charge on any atom is 0.323 e. The van der Waals surface area contributed by atoms with E-state index in [1.165, 1.54) is 18.2 Å². The number of likely N-dealkylation sites (tertiary alicyclic amines) is 1. The first kappa shape index (κ1) is 20.7. The van der Waals surface area contributed by atoms with Crippen LogP contribution in [-0.4, -0.2) is 29.0 Å². The molecule has 1 saturated heterocycles. The molecule has 1 aromatic heterocycles. The van der Waals surface area contributed by atoms with Crippen molar-refractivity contribution in [1.82, 2.24) is 9.88 Å². The van der Waals surface area contributed by atoms with E-state index in [-0.39, 0.29) is 23.6 Å². The van der Waals surface area contributed by atoms with Crippen molar-refractivity contribution in [2.24, 2.45) is 5.92 Å². The second-order valence-electron chi connectivity index (χ2n) is 8.99. The molecule has 164 valence electrons. The number of carbonyl (C=O) groups is 1. The molecule has 5 heteroatoms. The molecule has 2 aromatic carbocycles. The Morgan fingerprint density at radius 2 is 1.88 bits per heavy atom. The smallest absolute Gasteiger partial charge is 0.323 e. The van der Waals surface area contributed by atoms with Crippen LogP contribution in [0, 0.1) is 12.8 Å². The van der Waals surface area contributed by atoms with Crippen LogP contribution in [0.15, 0.2) is 65.5 Å². The molecule has 0 amide bonds. The molecule has 3 unspecified atom stereocenters. The van der Waals surface area contributed by atoms with Crippen molar-refractivity contribution in [3.8, 4) is 11.1 Å². The zero-order chi connectivity index (χ0) is 22.2. The molecule has 3 aromatic rings. The van der Waals surface area contributed by atoms with E-state index in [1.54, 1.807) is 0 Å². The van der Waals surface area contributed by atoms with Crippen LogP contribution in [0.5, 0.6) is 0 Å². The first-order valence-corrected chi connectivity index (χ1v) is 11.3. The highest BCUT2D eigenvalue weighted by Gasteiger charge is 2.48. The van der Waals surface area contributed by atoms with Crippen molar-refractivity contribution in [3.63, 3.8) is 0 Å². The van der Waals surface area contributed by atoms with Gasteiger partial charge in [-0.2, -0.15) is 0 Å². The third-order valence-electron chi connectivity index (χ3n) is 7.01. The number of nitrogens with one attached hydrogen (secondary N) is 1. The molecular formula is C27H28N2O3. The van der Waals surface area contributed by atoms with Gasteiger partial charge in [0.1, 0.15) is 6.04 Å². The quantitative estimate of drug-likeness (QED) is 0.626. The molecule has 0 bridgehead atoms. The molecule has 1 N–H and O–H groups in total. The Kier molecular flexibility index (Phi) is 5.43. The summed E-state index contributed by atoms with van der Waals surface area (Å²) in [5, 5.41) is 0. The maximum atomic E-state index is 13.1. The Labute approximate surface area is 188 Å². The van der Waals surface area contributed by atoms with Crippen molar-refractivity contribution in [3.05, 3.63) is 93.4 Å². The fourth-order valence-electron chi connectivity index (χ4n) is 5.40. The van der Waals surface area contributed by atoms with Crippen LogP contribution in [0.2, 0.25) is 0 Å². The average molecular weight is 429 g/mol. The van der Waals surface area contributed by atoms with Crippen molar-refractivity contribution in [2.75, 3.05) is 7.11 Å². The minimum absolute atomic E-state index is 0.00155. The first-order valence-electron chi connectivity index (χ1n) is 11.3. The van der Waals surface area contributed by atoms with Gasteiger partial charge in [0.05, 0.1) is 13.2 Å². The number of nitrogens with zero attached hydrogens (tertiary/aromatic N) is 1. The summed E-state index contributed by atoms with van der Waals surface area (Å²) in [5.74, 6) is 0.117. The Morgan fingerprint density at radius 1 is 1.12 bits per heavy atom. The van der Waals surface area contributed by atoms with E-state index in [0.29, 0.717) is 18.0 Å². The molecule has 1 fully saturated rings. The third-order valence-corrected chi connectivity index (χ3v) is 7.01. The number of hydrogen-bond donors (Lipinski definition) is 1. The van der Waals surface area contributed by atoms with Gasteiger partial charge in [-0.3, -0.25) is 14.5 Å². The number of aromatic amines is 1. The minimum Gasteiger partial charge on any atom is -0.468 e. The van der Waals surface area contributed by atoms with Crippen LogP contribution in [-0.2, 0) is 22.5 Å². The molecule has 0 radical (unpaired) electrons. The fraction of sp³-hybridized carbons (Fsp3) is 0.333. The normalized spacial score (nSPS) is 22.2. The highest BCUT2D eigenvalue weighted by molar-refractivity contribution is 5.76. The van der Waals surface area contributed by atoms with Crippen molar-refractivity contribution in [2.45, 2.75) is 44.8 Å². The number of fused-ring (bicyclic) bond motifs is 3. The zero-order valence-electron chi connectivity index (χ0n) is 18.5. The van der Waals surface area contributed by atoms with Gasteiger partial charge in [0.25, 0.3) is 5.56 Å². The van der Waals surface area contributed by atoms with Gasteiger partial charge >= 0.3 is 5.97 Å². The summed E-state index contributed by atoms with van der Waals surface area (Å²) >= 11 is 0. The van der Waals surface area contributed by atoms with Crippen LogP contribution in [0.1, 0.15) is 41.3 Å². The van der Waals surface area contributed by atoms with Crippen LogP contribution >= 0.6 is 0 Å². The number of hydrogen-bond acceptors (Lipinski definition) is 4. The van der Waals surface area contributed by atoms with Gasteiger partial charge in [0.2, 0.25) is 0 Å². The van der Waals surface area contributed by atoms with E-state index in [1.807, 2.05) is 30.3 Å². The van der Waals surface area contributed by atoms with Crippen molar-refractivity contribution < 1.29 is 9.53 Å². The predicted molar refractivity (Wildman–Crippen MR) is 124 cm³/mol. The van der Waals surface area contributed by atoms with Crippen LogP contribution in [0.4, 0.5) is 0 Å². The maximum absolute atomic E-state index is 13.1. The van der Waals surface area contributed by atoms with Crippen molar-refractivity contribution >= 4 is 5.97 Å². The highest BCUT2D eigenvalue weighted by atomic mass is 16.5. The summed E-state index contributed by atoms with van der Waals surface area (Å²) < 4.78 is 5.16. The number of esters is 1. The molecule has 2 heterocycles. The van der Waals surface area contributed by atoms with E-state index in [2.05, 4.69) is 47.1 Å². The van der Waals surface area contributed by atoms with Gasteiger partial charge in [-0.1, -0.05) is 60.2 Å². The molecule has 0 spiro atoms. The number of H-pyrrole nitrogens is 1. The van der Waals surface area contributed by atoms with Gasteiger partial charge in [-0.15, -0.1) is 0 Å². The zero-order valence-corrected chi connectivity index (χ0v) is 18.5. The number of methoxy groups -OCH3 is 1. The molecule has 5 rings (SSSR count). The summed E-state index contributed by atoms with van der Waals surface area (Å²) in [6.45, 7) is 2.71. The summed E-state index contributed by atoms with van der Waals surface area (Å²) in [6, 6.07) is 20.0. The van der Waals surface area contributed by atoms with E-state index < -0.39 is 0 Å². The number of aromatic nitrogens is 1. The fourth-order valence-corrected chi connectivity index (χ4v) is 5.40. The summed E-state index contributed by atoms with van der Waals surface area (Å²) in [4.78, 5) is 31.2. The molecule has 1 aliphatic carbocycles. The van der Waals surface area contributed by atoms with Gasteiger partial charge in [0, 0.05) is 17.8 Å². The monoisotopic (exact) mass is 428 g/mol. The van der Waals surface area contributed by atoms with Gasteiger partial charge in [-0.25, -0.2) is 0 Å². The Balaban J connectivity index is 1.56. The summed E-state index contributed by atoms with van der Waals surface area (Å²) in [5.41, 5.74) is 6.05. The van der Waals surface area contributed by atoms with E-state index >= 15 is 0 Å². The summed E-state index contributed by atoms with van der Waals surface area (Å²) in [6.07, 6.45) is 2.65. The summed E-state index contributed by atoms with van der Waals surface area (Å²) in [7, 11) is 1.45. The average Bonchev–Trinajstić information content (AvgIpc) is 3.19. The Hall–Kier alpha value is -3.18. The van der Waals surface area contributed by atoms with E-state index in [4.69, 9.17) is 4.74 Å². The Bertz CT molecular complexity index is 1180. The standard InChI is InChI=1S/C27H28N2O3/c1-17-8-10-18(11-9-17)16-29-23(27(31)32-2)15-21-13-12-20-14-22(19-6-4-3-5-7-19)26(30)28-24(20)25(21)29/h3-11,14,21,23,25H,12-13,15-16H2,1-2H3,(H,28,30). The number of benzene rings is 2. The molecule has 5 nitrogen and oxygen atoms in total. The number of carbonyl (C=O) groups excluding carboxylic acids is 1. The van der Waals surface area contributed by atoms with Crippen LogP contribution < -0.4 is 5.56 Å². The van der Waals surface area contributed by atoms with Crippen molar-refractivity contribution in [1.29, 1.82) is 0 Å². The number of pyridine rings is 1. The van der Waals surface area contributed by atoms with Crippen LogP contribution in [0.25, 0.3) is 11.1 Å². The number of ether oxygens (including phenoxy) is 1. The Morgan fingerprint density at radius 3 is 2.59 bits per heavy atom. The molecule has 1 aliphatic heterocycles. The molecule has 3 atom stereocenters. The topological polar surface area (TPSA) is 62.4 Å². The lowest BCUT2D eigenvalue weighted by atomic mass is 9.82. The lowest BCUT2D eigenvalue weighted by Gasteiger charge is -2.35. The van der Waals surface area contributed by atoms with Gasteiger partial charge in [0.15, 0.2) is 0 Å². The number of aryl methyl sites for hydroxylation is 2. The molecule has 32 heavy (non-hydrogen) atoms. The van der Waals surface area contributed by atoms with Crippen LogP contribution in [0.3, 0.4) is 0 Å². The molecule has 2 aliphatic rings. The first-order chi connectivity index (χ1) is 15.5. The minimum atomic E-state index is -0.306. The van der Waals surface area contributed by atoms with E-state index in [0.717, 1.165) is 36.1 Å². The molecule has 0 saturated carbocycles. The van der Waals surface area contributed by atoms with E-state index in [9.17, 15) is 9.59 Å². The number of rotatable bonds is 4. The van der Waals surface area contributed by atoms with Gasteiger partial charge < -0.3 is 9.72 Å². The molecular weight excluding hydrogens is 400 g/mol. The predicted octanol–water partition coefficient (Wildman–Crippen LogP) is 4.40.